The van der Waals surface area contributed by atoms with Crippen molar-refractivity contribution in [1.29, 1.82) is 0 Å². The van der Waals surface area contributed by atoms with E-state index in [2.05, 4.69) is 25.3 Å². The normalized spacial score (nSPS) is 13.2. The minimum Gasteiger partial charge on any atom is -0.446 e. The van der Waals surface area contributed by atoms with Gasteiger partial charge in [0.2, 0.25) is 23.3 Å². The number of carbonyl (C=O) groups excluding carboxylic acids is 4. The summed E-state index contributed by atoms with van der Waals surface area (Å²) >= 11 is 0. The summed E-state index contributed by atoms with van der Waals surface area (Å²) in [7, 11) is -5.65. The number of nitrogens with zero attached hydrogens (tertiary/aromatic N) is 3. The number of amides is 3. The molecule has 490 valence electrons. The van der Waals surface area contributed by atoms with Crippen LogP contribution in [0.1, 0.15) is 63.1 Å². The van der Waals surface area contributed by atoms with E-state index in [1.54, 1.807) is 12.3 Å². The second-order valence-electron chi connectivity index (χ2n) is 19.2. The number of halogens is 4. The first-order chi connectivity index (χ1) is 42.5. The van der Waals surface area contributed by atoms with Crippen molar-refractivity contribution in [3.8, 4) is 16.9 Å². The van der Waals surface area contributed by atoms with Crippen LogP contribution in [0.5, 0.6) is 5.75 Å². The van der Waals surface area contributed by atoms with Crippen molar-refractivity contribution in [1.82, 2.24) is 20.7 Å². The summed E-state index contributed by atoms with van der Waals surface area (Å²) in [5, 5.41) is 6.81. The average molecular weight is 1280 g/mol. The molecule has 0 radical (unpaired) electrons. The lowest BCUT2D eigenvalue weighted by molar-refractivity contribution is -0.181. The molecule has 1 aliphatic heterocycles. The van der Waals surface area contributed by atoms with Gasteiger partial charge in [0, 0.05) is 48.8 Å². The molecule has 5 N–H and O–H groups in total. The fourth-order valence-electron chi connectivity index (χ4n) is 7.74. The number of esters is 1. The molecule has 2 aliphatic rings. The molecule has 31 heteroatoms. The van der Waals surface area contributed by atoms with E-state index in [9.17, 15) is 45.2 Å². The van der Waals surface area contributed by atoms with Crippen LogP contribution in [-0.4, -0.2) is 211 Å². The minimum atomic E-state index is -5.65. The molecule has 0 spiro atoms. The highest BCUT2D eigenvalue weighted by atomic mass is 32.2. The summed E-state index contributed by atoms with van der Waals surface area (Å²) in [5.74, 6) is -12.9. The molecule has 0 atom stereocenters. The zero-order valence-corrected chi connectivity index (χ0v) is 49.9. The summed E-state index contributed by atoms with van der Waals surface area (Å²) in [6.07, 6.45) is 6.15. The Morgan fingerprint density at radius 2 is 1.16 bits per heavy atom. The number of hydrogen-bond acceptors (Lipinski definition) is 22. The molecule has 0 saturated heterocycles. The number of nitrogens with one attached hydrogen (secondary N) is 2. The first-order valence-electron chi connectivity index (χ1n) is 28.7. The number of aliphatic imine (C=N–C) groups is 1. The van der Waals surface area contributed by atoms with Gasteiger partial charge in [-0.2, -0.15) is 17.2 Å². The van der Waals surface area contributed by atoms with Crippen LogP contribution in [0.2, 0.25) is 0 Å². The van der Waals surface area contributed by atoms with Crippen molar-refractivity contribution >= 4 is 51.6 Å². The van der Waals surface area contributed by atoms with E-state index < -0.39 is 62.5 Å². The van der Waals surface area contributed by atoms with E-state index in [-0.39, 0.29) is 95.9 Å². The molecular formula is C57H78F4N6O20S. The summed E-state index contributed by atoms with van der Waals surface area (Å²) in [4.78, 5) is 62.6. The number of hydrogen-bond donors (Lipinski definition) is 4. The fourth-order valence-corrected chi connectivity index (χ4v) is 8.37. The lowest BCUT2D eigenvalue weighted by atomic mass is 9.96. The summed E-state index contributed by atoms with van der Waals surface area (Å²) in [6.45, 7) is 8.44. The third-order valence-electron chi connectivity index (χ3n) is 12.4. The number of rotatable bonds is 46. The molecule has 88 heavy (non-hydrogen) atoms. The Hall–Kier alpha value is -6.33. The van der Waals surface area contributed by atoms with Crippen LogP contribution in [0.4, 0.5) is 28.0 Å². The van der Waals surface area contributed by atoms with Crippen LogP contribution in [-0.2, 0) is 88.0 Å². The third kappa shape index (κ3) is 27.2. The molecule has 26 nitrogen and oxygen atoms in total. The molecule has 1 aromatic heterocycles. The number of pyridine rings is 1. The molecular weight excluding hydrogens is 1200 g/mol. The molecule has 3 amide bonds. The maximum absolute atomic E-state index is 14.0. The summed E-state index contributed by atoms with van der Waals surface area (Å²) in [5.41, 5.74) is 10.4. The van der Waals surface area contributed by atoms with Gasteiger partial charge in [0.25, 0.3) is 5.91 Å². The molecule has 5 rings (SSSR count). The highest BCUT2D eigenvalue weighted by molar-refractivity contribution is 7.85. The van der Waals surface area contributed by atoms with Gasteiger partial charge in [0.1, 0.15) is 11.9 Å². The monoisotopic (exact) mass is 1270 g/mol. The van der Waals surface area contributed by atoms with Gasteiger partial charge in [-0.1, -0.05) is 25.1 Å². The second kappa shape index (κ2) is 41.1. The first kappa shape index (κ1) is 72.4. The SMILES string of the molecule is CCCN(OCCNC(=O)OC1CCC1)C(=O)C1=Cc2ccc(-c3ccc(CNC(=O)CCOCCOCCOCCOCCOCCOCCOCCOCCOCCOCCC(=O)Oc4c(F)c(F)c(S(=O)(=O)O)c(F)c4F)nc3)cc2N=C(N)C1. The number of carbonyl (C=O) groups is 4. The van der Waals surface area contributed by atoms with Gasteiger partial charge >= 0.3 is 22.2 Å². The maximum atomic E-state index is 14.0. The van der Waals surface area contributed by atoms with E-state index in [4.69, 9.17) is 67.2 Å². The van der Waals surface area contributed by atoms with Crippen molar-refractivity contribution in [2.75, 3.05) is 152 Å². The standard InChI is InChI=1S/C57H78F4N6O20S/c1-2-13-67(85-16-12-63-57(71)86-45-4-3-5-45)56(70)43-35-41-7-6-40(36-46(41)66-47(62)37-43)42-8-9-44(64-38-42)39-65-48(68)10-14-75-17-19-77-21-23-79-25-27-81-29-31-83-33-34-84-32-30-82-28-26-80-24-22-78-20-18-76-15-11-49(69)87-54-50(58)52(60)55(88(72,73)74)53(61)51(54)59/h6-9,35-36,38,45H,2-5,10-34,37,39H2,1H3,(H2,62,66)(H,63,71)(H,65,68)(H,72,73,74). The van der Waals surface area contributed by atoms with Gasteiger partial charge in [0.15, 0.2) is 16.5 Å². The Kier molecular flexibility index (Phi) is 33.8. The summed E-state index contributed by atoms with van der Waals surface area (Å²) in [6, 6.07) is 9.41. The second-order valence-corrected chi connectivity index (χ2v) is 20.5. The predicted molar refractivity (Wildman–Crippen MR) is 305 cm³/mol. The number of ether oxygens (including phenoxy) is 12. The number of nitrogens with two attached hydrogens (primary N) is 1. The van der Waals surface area contributed by atoms with Crippen LogP contribution in [0.15, 0.2) is 52.0 Å². The number of hydroxylamine groups is 2. The number of aromatic nitrogens is 1. The highest BCUT2D eigenvalue weighted by Crippen LogP contribution is 2.34. The van der Waals surface area contributed by atoms with Gasteiger partial charge in [-0.15, -0.1) is 0 Å². The molecule has 1 aliphatic carbocycles. The molecule has 3 aromatic rings. The molecule has 1 fully saturated rings. The van der Waals surface area contributed by atoms with Crippen molar-refractivity contribution in [3.05, 3.63) is 76.6 Å². The van der Waals surface area contributed by atoms with Gasteiger partial charge in [-0.3, -0.25) is 28.8 Å². The topological polar surface area (TPSA) is 321 Å². The van der Waals surface area contributed by atoms with Crippen molar-refractivity contribution in [2.45, 2.75) is 69.4 Å². The van der Waals surface area contributed by atoms with Crippen molar-refractivity contribution < 1.29 is 111 Å². The Labute approximate surface area is 507 Å². The Morgan fingerprint density at radius 3 is 1.62 bits per heavy atom. The average Bonchev–Trinajstić information content (AvgIpc) is 1.87. The third-order valence-corrected chi connectivity index (χ3v) is 13.3. The molecule has 2 heterocycles. The predicted octanol–water partition coefficient (Wildman–Crippen LogP) is 4.94. The minimum absolute atomic E-state index is 0.0133. The van der Waals surface area contributed by atoms with E-state index in [1.165, 1.54) is 5.06 Å². The zero-order chi connectivity index (χ0) is 63.4. The number of fused-ring (bicyclic) bond motifs is 1. The highest BCUT2D eigenvalue weighted by Gasteiger charge is 2.34. The van der Waals surface area contributed by atoms with Gasteiger partial charge in [-0.25, -0.2) is 23.6 Å². The quantitative estimate of drug-likeness (QED) is 0.0111. The van der Waals surface area contributed by atoms with Gasteiger partial charge in [0.05, 0.1) is 163 Å². The zero-order valence-electron chi connectivity index (χ0n) is 49.1. The Balaban J connectivity index is 0.755. The Bertz CT molecular complexity index is 2790. The van der Waals surface area contributed by atoms with Crippen LogP contribution in [0.25, 0.3) is 17.2 Å². The molecule has 2 aromatic carbocycles. The lowest BCUT2D eigenvalue weighted by Crippen LogP contribution is -2.38. The van der Waals surface area contributed by atoms with Crippen LogP contribution < -0.4 is 21.1 Å². The smallest absolute Gasteiger partial charge is 0.407 e. The van der Waals surface area contributed by atoms with E-state index in [0.717, 1.165) is 36.0 Å². The number of benzene rings is 2. The van der Waals surface area contributed by atoms with E-state index in [0.29, 0.717) is 122 Å². The lowest BCUT2D eigenvalue weighted by Gasteiger charge is -2.25. The fraction of sp³-hybridized carbons (Fsp3) is 0.579. The van der Waals surface area contributed by atoms with E-state index in [1.807, 2.05) is 37.3 Å². The maximum Gasteiger partial charge on any atom is 0.407 e. The Morgan fingerprint density at radius 1 is 0.659 bits per heavy atom. The molecule has 0 unspecified atom stereocenters. The van der Waals surface area contributed by atoms with Crippen LogP contribution >= 0.6 is 0 Å². The van der Waals surface area contributed by atoms with Crippen LogP contribution in [0, 0.1) is 23.3 Å². The van der Waals surface area contributed by atoms with Gasteiger partial charge < -0.3 is 73.2 Å². The van der Waals surface area contributed by atoms with Gasteiger partial charge in [-0.05, 0) is 49.5 Å². The van der Waals surface area contributed by atoms with Crippen molar-refractivity contribution in [3.63, 3.8) is 0 Å². The molecule has 1 saturated carbocycles. The summed E-state index contributed by atoms with van der Waals surface area (Å²) < 4.78 is 150. The van der Waals surface area contributed by atoms with Crippen LogP contribution in [0.3, 0.4) is 0 Å². The number of alkyl carbamates (subject to hydrolysis) is 1. The number of amidine groups is 1. The molecule has 0 bridgehead atoms. The van der Waals surface area contributed by atoms with E-state index >= 15 is 0 Å². The first-order valence-corrected chi connectivity index (χ1v) is 30.1. The van der Waals surface area contributed by atoms with Crippen molar-refractivity contribution in [2.24, 2.45) is 10.7 Å². The largest absolute Gasteiger partial charge is 0.446 e.